The molecule has 2 aromatic heterocycles. The van der Waals surface area contributed by atoms with Crippen LogP contribution in [0.1, 0.15) is 26.3 Å². The molecule has 2 aromatic carbocycles. The number of halogens is 14. The second-order valence-electron chi connectivity index (χ2n) is 9.28. The van der Waals surface area contributed by atoms with Gasteiger partial charge in [-0.05, 0) is 18.2 Å². The highest BCUT2D eigenvalue weighted by Gasteiger charge is 2.73. The monoisotopic (exact) mass is 690 g/mol. The molecular weight excluding hydrogens is 678 g/mol. The first-order valence-corrected chi connectivity index (χ1v) is 11.6. The number of carbonyl (C=O) groups excluding carboxylic acids is 1. The van der Waals surface area contributed by atoms with E-state index in [0.29, 0.717) is 6.07 Å². The van der Waals surface area contributed by atoms with Crippen LogP contribution < -0.4 is 22.2 Å². The third kappa shape index (κ3) is 5.72. The number of carbonyl (C=O) groups is 2. The Morgan fingerprint density at radius 2 is 1.22 bits per heavy atom. The van der Waals surface area contributed by atoms with Crippen molar-refractivity contribution in [2.75, 3.05) is 13.1 Å². The number of amidine groups is 1. The molecule has 4 rings (SSSR count). The minimum Gasteiger partial charge on any atom is -0.478 e. The van der Waals surface area contributed by atoms with Gasteiger partial charge in [-0.25, -0.2) is 4.79 Å². The molecule has 0 saturated carbocycles. The molecule has 252 valence electrons. The van der Waals surface area contributed by atoms with Gasteiger partial charge in [0.1, 0.15) is 12.4 Å². The van der Waals surface area contributed by atoms with Gasteiger partial charge in [0.15, 0.2) is 0 Å². The highest BCUT2D eigenvalue weighted by molar-refractivity contribution is 6.27. The minimum atomic E-state index is -6.83. The van der Waals surface area contributed by atoms with Gasteiger partial charge in [-0.3, -0.25) is 24.4 Å². The number of amides is 1. The summed E-state index contributed by atoms with van der Waals surface area (Å²) < 4.78 is 184. The van der Waals surface area contributed by atoms with E-state index in [9.17, 15) is 85.8 Å². The maximum atomic E-state index is 13.9. The molecule has 0 aliphatic rings. The minimum absolute atomic E-state index is 0.0799. The lowest BCUT2D eigenvalue weighted by Gasteiger charge is -2.28. The Morgan fingerprint density at radius 3 is 1.67 bits per heavy atom. The van der Waals surface area contributed by atoms with Crippen LogP contribution in [0.3, 0.4) is 0 Å². The number of aliphatic imine (C=N–C) groups is 1. The zero-order chi connectivity index (χ0) is 35.6. The van der Waals surface area contributed by atoms with Gasteiger partial charge in [-0.2, -0.15) is 61.5 Å². The lowest BCUT2D eigenvalue weighted by atomic mass is 9.90. The molecule has 5 N–H and O–H groups in total. The molecule has 2 bridgehead atoms. The summed E-state index contributed by atoms with van der Waals surface area (Å²) in [6.45, 7) is -5.55. The summed E-state index contributed by atoms with van der Waals surface area (Å²) in [5.41, 5.74) is -1.44. The molecule has 0 aliphatic carbocycles. The Hall–Kier alpha value is -4.73. The molecule has 4 aromatic rings. The molecule has 0 spiro atoms. The van der Waals surface area contributed by atoms with Crippen molar-refractivity contribution in [1.29, 1.82) is 0 Å². The summed E-state index contributed by atoms with van der Waals surface area (Å²) in [6.07, 6.45) is -13.7. The van der Waals surface area contributed by atoms with Gasteiger partial charge in [-0.1, -0.05) is 0 Å². The van der Waals surface area contributed by atoms with Crippen molar-refractivity contribution in [2.24, 2.45) is 10.7 Å². The van der Waals surface area contributed by atoms with E-state index in [4.69, 9.17) is 5.73 Å². The van der Waals surface area contributed by atoms with Gasteiger partial charge in [-0.15, -0.1) is 0 Å². The smallest absolute Gasteiger partial charge is 0.459 e. The second-order valence-corrected chi connectivity index (χ2v) is 9.28. The summed E-state index contributed by atoms with van der Waals surface area (Å²) in [5, 5.41) is 6.88. The van der Waals surface area contributed by atoms with Crippen LogP contribution >= 0.6 is 0 Å². The third-order valence-electron chi connectivity index (χ3n) is 6.28. The molecule has 9 nitrogen and oxygen atoms in total. The Labute approximate surface area is 242 Å². The van der Waals surface area contributed by atoms with Crippen LogP contribution in [0.2, 0.25) is 0 Å². The Balaban J connectivity index is 2.34. The van der Waals surface area contributed by atoms with Crippen LogP contribution in [-0.4, -0.2) is 76.9 Å². The molecule has 0 radical (unpaired) electrons. The van der Waals surface area contributed by atoms with E-state index in [0.717, 1.165) is 11.4 Å². The molecule has 0 unspecified atom stereocenters. The fraction of sp³-hybridized carbons (Fsp3) is 0.348. The number of benzene rings is 2. The fourth-order valence-electron chi connectivity index (χ4n) is 3.97. The predicted octanol–water partition coefficient (Wildman–Crippen LogP) is 4.28. The van der Waals surface area contributed by atoms with Crippen LogP contribution in [0.4, 0.5) is 61.5 Å². The van der Waals surface area contributed by atoms with Crippen molar-refractivity contribution >= 4 is 39.3 Å². The van der Waals surface area contributed by atoms with Crippen molar-refractivity contribution in [2.45, 2.75) is 36.0 Å². The fourth-order valence-corrected chi connectivity index (χ4v) is 3.97. The highest BCUT2D eigenvalue weighted by atomic mass is 19.4. The van der Waals surface area contributed by atoms with Crippen LogP contribution in [-0.2, 0) is 0 Å². The lowest BCUT2D eigenvalue weighted by molar-refractivity contribution is -0.352. The molecule has 46 heavy (non-hydrogen) atoms. The number of alkyl halides is 14. The standard InChI is InChI=1S/C23H12F14N4O5/c24-18(25,20(28,29)22(32,33)34)4-39-13(38)12-9(17(45)46)3-8(10-6-1-2-7(11(10)12)16(44)41-15(6)43)14(42)40-5-19(26,27)21(30,31)23(35,36)37/h1-3H,4-5H2,(H2,38,39)(H,40,42)(H,45,46)(H,41,43,44). The number of H-pyrrole nitrogens is 1. The number of aromatic carboxylic acids is 1. The van der Waals surface area contributed by atoms with E-state index in [2.05, 4.69) is 4.99 Å². The van der Waals surface area contributed by atoms with Crippen LogP contribution in [0, 0.1) is 0 Å². The maximum absolute atomic E-state index is 13.9. The molecular formula is C23H12F14N4O5. The maximum Gasteiger partial charge on any atom is 0.459 e. The average molecular weight is 690 g/mol. The number of carboxylic acids is 1. The van der Waals surface area contributed by atoms with Gasteiger partial charge in [0, 0.05) is 32.7 Å². The molecule has 0 atom stereocenters. The van der Waals surface area contributed by atoms with E-state index in [1.165, 1.54) is 0 Å². The van der Waals surface area contributed by atoms with Crippen LogP contribution in [0.15, 0.2) is 32.8 Å². The molecule has 1 amide bonds. The number of carboxylic acid groups (broad SMARTS) is 1. The number of rotatable bonds is 9. The first-order chi connectivity index (χ1) is 20.6. The predicted molar refractivity (Wildman–Crippen MR) is 126 cm³/mol. The van der Waals surface area contributed by atoms with Gasteiger partial charge in [0.25, 0.3) is 17.0 Å². The van der Waals surface area contributed by atoms with Crippen molar-refractivity contribution < 1.29 is 76.2 Å². The topological polar surface area (TPSA) is 155 Å². The molecule has 2 heterocycles. The molecule has 0 aliphatic heterocycles. The first kappa shape index (κ1) is 35.7. The summed E-state index contributed by atoms with van der Waals surface area (Å²) in [7, 11) is 0. The second kappa shape index (κ2) is 11.0. The Kier molecular flexibility index (Phi) is 8.52. The quantitative estimate of drug-likeness (QED) is 0.149. The van der Waals surface area contributed by atoms with E-state index < -0.39 is 116 Å². The average Bonchev–Trinajstić information content (AvgIpc) is 3.11. The van der Waals surface area contributed by atoms with Crippen molar-refractivity contribution in [3.05, 3.63) is 55.6 Å². The third-order valence-corrected chi connectivity index (χ3v) is 6.28. The number of nitrogens with one attached hydrogen (secondary N) is 2. The molecule has 23 heteroatoms. The number of nitrogens with two attached hydrogens (primary N) is 1. The van der Waals surface area contributed by atoms with E-state index >= 15 is 0 Å². The summed E-state index contributed by atoms with van der Waals surface area (Å²) >= 11 is 0. The van der Waals surface area contributed by atoms with Gasteiger partial charge >= 0.3 is 42.0 Å². The number of aromatic amines is 1. The van der Waals surface area contributed by atoms with Crippen molar-refractivity contribution in [1.82, 2.24) is 10.3 Å². The van der Waals surface area contributed by atoms with E-state index in [1.54, 1.807) is 4.98 Å². The Bertz CT molecular complexity index is 1870. The summed E-state index contributed by atoms with van der Waals surface area (Å²) in [5.74, 6) is -31.5. The summed E-state index contributed by atoms with van der Waals surface area (Å²) in [6, 6.07) is 1.50. The normalized spacial score (nSPS) is 14.3. The lowest BCUT2D eigenvalue weighted by Crippen LogP contribution is -2.56. The molecule has 0 saturated heterocycles. The molecule has 0 fully saturated rings. The summed E-state index contributed by atoms with van der Waals surface area (Å²) in [4.78, 5) is 54.5. The number of nitrogens with zero attached hydrogens (tertiary/aromatic N) is 1. The van der Waals surface area contributed by atoms with Crippen LogP contribution in [0.5, 0.6) is 0 Å². The number of aromatic nitrogens is 1. The van der Waals surface area contributed by atoms with Gasteiger partial charge in [0.2, 0.25) is 0 Å². The largest absolute Gasteiger partial charge is 0.478 e. The Morgan fingerprint density at radius 1 is 0.761 bits per heavy atom. The number of hydrogen-bond acceptors (Lipinski definition) is 5. The van der Waals surface area contributed by atoms with Crippen molar-refractivity contribution in [3.8, 4) is 0 Å². The van der Waals surface area contributed by atoms with Gasteiger partial charge < -0.3 is 16.2 Å². The highest BCUT2D eigenvalue weighted by Crippen LogP contribution is 2.47. The van der Waals surface area contributed by atoms with E-state index in [1.807, 2.05) is 0 Å². The zero-order valence-electron chi connectivity index (χ0n) is 21.5. The van der Waals surface area contributed by atoms with Crippen LogP contribution in [0.25, 0.3) is 21.5 Å². The SMILES string of the molecule is NC(=NCC(F)(F)C(F)(F)C(F)(F)F)c1c(C(=O)O)cc(C(=O)NCC(F)(F)C(F)(F)C(F)(F)F)c2c3ccc(c(=O)[nH]c3=O)c12. The van der Waals surface area contributed by atoms with Gasteiger partial charge in [0.05, 0.1) is 12.1 Å². The first-order valence-electron chi connectivity index (χ1n) is 11.6. The van der Waals surface area contributed by atoms with Crippen molar-refractivity contribution in [3.63, 3.8) is 0 Å². The number of fused-ring (bicyclic) bond motifs is 3. The van der Waals surface area contributed by atoms with E-state index in [-0.39, 0.29) is 6.07 Å². The zero-order valence-corrected chi connectivity index (χ0v) is 21.5. The number of hydrogen-bond donors (Lipinski definition) is 4.